The summed E-state index contributed by atoms with van der Waals surface area (Å²) in [6, 6.07) is 0. The minimum Gasteiger partial charge on any atom is -0.799 e. The van der Waals surface area contributed by atoms with E-state index in [1.165, 1.54) is 12.7 Å². The monoisotopic (exact) mass is 513 g/mol. The van der Waals surface area contributed by atoms with Crippen molar-refractivity contribution in [1.29, 1.82) is 0 Å². The summed E-state index contributed by atoms with van der Waals surface area (Å²) in [6.07, 6.45) is 1.94. The Balaban J connectivity index is 0. The molecule has 0 saturated heterocycles. The molecule has 29 heavy (non-hydrogen) atoms. The van der Waals surface area contributed by atoms with Crippen molar-refractivity contribution >= 4 is 50.7 Å². The molecule has 20 heteroatoms. The summed E-state index contributed by atoms with van der Waals surface area (Å²) in [5.74, 6) is 0.205. The van der Waals surface area contributed by atoms with E-state index in [-0.39, 0.29) is 108 Å². The van der Waals surface area contributed by atoms with Crippen LogP contribution in [-0.4, -0.2) is 39.1 Å². The first-order valence-electron chi connectivity index (χ1n) is 6.70. The van der Waals surface area contributed by atoms with E-state index in [2.05, 4.69) is 35.4 Å². The third-order valence-electron chi connectivity index (χ3n) is 2.63. The van der Waals surface area contributed by atoms with Crippen molar-refractivity contribution in [2.75, 3.05) is 25.4 Å². The van der Waals surface area contributed by atoms with Crippen molar-refractivity contribution in [2.45, 2.75) is 6.54 Å². The molecule has 0 aromatic carbocycles. The van der Waals surface area contributed by atoms with E-state index in [1.807, 2.05) is 0 Å². The second-order valence-corrected chi connectivity index (χ2v) is 11.8. The Morgan fingerprint density at radius 1 is 1.14 bits per heavy atom. The molecule has 0 amide bonds. The van der Waals surface area contributed by atoms with Gasteiger partial charge in [-0.25, -0.2) is 15.0 Å². The second-order valence-electron chi connectivity index (χ2n) is 4.90. The summed E-state index contributed by atoms with van der Waals surface area (Å²) in [7, 11) is -10.0. The number of nitrogen functional groups attached to an aromatic ring is 1. The van der Waals surface area contributed by atoms with Crippen LogP contribution in [0.25, 0.3) is 11.2 Å². The largest absolute Gasteiger partial charge is 1.00 e. The SMILES string of the molecule is CP(=O)([O-])OP(=O)([O-])OP([O-])(=S)COCCn1cnc2c(N)ncnc21.[Na+].[Na+].[Na+]. The topological polar surface area (TPSA) is 201 Å². The van der Waals surface area contributed by atoms with Gasteiger partial charge in [0.1, 0.15) is 19.4 Å². The van der Waals surface area contributed by atoms with Crippen molar-refractivity contribution in [1.82, 2.24) is 19.5 Å². The average Bonchev–Trinajstić information content (AvgIpc) is 2.84. The van der Waals surface area contributed by atoms with Gasteiger partial charge in [-0.3, -0.25) is 13.2 Å². The molecule has 146 valence electrons. The van der Waals surface area contributed by atoms with Crippen LogP contribution >= 0.6 is 21.9 Å². The maximum Gasteiger partial charge on any atom is 1.00 e. The van der Waals surface area contributed by atoms with E-state index >= 15 is 0 Å². The summed E-state index contributed by atoms with van der Waals surface area (Å²) < 4.78 is 36.6. The van der Waals surface area contributed by atoms with Gasteiger partial charge in [0.25, 0.3) is 7.82 Å². The quantitative estimate of drug-likeness (QED) is 0.188. The van der Waals surface area contributed by atoms with E-state index in [1.54, 1.807) is 4.57 Å². The molecule has 13 nitrogen and oxygen atoms in total. The van der Waals surface area contributed by atoms with Crippen molar-refractivity contribution in [2.24, 2.45) is 0 Å². The number of ether oxygens (including phenoxy) is 1. The Bertz CT molecular complexity index is 945. The molecule has 0 fully saturated rings. The number of nitrogens with two attached hydrogens (primary N) is 1. The fraction of sp³-hybridized carbons (Fsp3) is 0.444. The molecule has 0 bridgehead atoms. The molecule has 2 aromatic rings. The zero-order valence-electron chi connectivity index (χ0n) is 16.2. The smallest absolute Gasteiger partial charge is 0.799 e. The van der Waals surface area contributed by atoms with Gasteiger partial charge in [-0.1, -0.05) is 11.8 Å². The van der Waals surface area contributed by atoms with Crippen LogP contribution in [0.2, 0.25) is 0 Å². The minimum atomic E-state index is -5.39. The van der Waals surface area contributed by atoms with Crippen molar-refractivity contribution in [3.8, 4) is 0 Å². The summed E-state index contributed by atoms with van der Waals surface area (Å²) >= 11 is 4.50. The second kappa shape index (κ2) is 13.8. The van der Waals surface area contributed by atoms with Crippen LogP contribution in [0.4, 0.5) is 5.82 Å². The predicted octanol–water partition coefficient (Wildman–Crippen LogP) is -10.3. The summed E-state index contributed by atoms with van der Waals surface area (Å²) in [4.78, 5) is 45.9. The number of nitrogens with zero attached hydrogens (tertiary/aromatic N) is 4. The van der Waals surface area contributed by atoms with Gasteiger partial charge in [-0.2, -0.15) is 0 Å². The van der Waals surface area contributed by atoms with E-state index in [0.717, 1.165) is 0 Å². The molecule has 3 unspecified atom stereocenters. The van der Waals surface area contributed by atoms with Gasteiger partial charge in [0.2, 0.25) is 0 Å². The van der Waals surface area contributed by atoms with Gasteiger partial charge in [0, 0.05) is 19.7 Å². The molecule has 3 atom stereocenters. The number of aromatic nitrogens is 4. The van der Waals surface area contributed by atoms with Gasteiger partial charge in [-0.05, 0) is 0 Å². The Labute approximate surface area is 237 Å². The molecule has 2 N–H and O–H groups in total. The first-order valence-corrected chi connectivity index (χ1v) is 13.0. The molecule has 0 saturated carbocycles. The maximum atomic E-state index is 11.9. The third kappa shape index (κ3) is 11.8. The first kappa shape index (κ1) is 33.4. The van der Waals surface area contributed by atoms with Gasteiger partial charge < -0.3 is 34.3 Å². The van der Waals surface area contributed by atoms with Crippen LogP contribution in [0, 0.1) is 0 Å². The van der Waals surface area contributed by atoms with Gasteiger partial charge in [0.15, 0.2) is 11.5 Å². The zero-order valence-corrected chi connectivity index (χ0v) is 25.7. The van der Waals surface area contributed by atoms with Crippen LogP contribution in [0.3, 0.4) is 0 Å². The Morgan fingerprint density at radius 2 is 1.76 bits per heavy atom. The molecule has 2 heterocycles. The standard InChI is InChI=1S/C9H16N5O8P3S.3Na/c1-23(15,16)21-25(18,19)22-24(17,26)6-20-3-2-14-5-13-7-8(10)11-4-12-9(7)14;;;/h4-5H,2-3,6H2,1H3,(H,15,16)(H,17,26)(H,18,19)(H2,10,11,12);;;/q;3*+1/p-3. The first-order chi connectivity index (χ1) is 11.9. The predicted molar refractivity (Wildman–Crippen MR) is 88.1 cm³/mol. The fourth-order valence-corrected chi connectivity index (χ4v) is 6.33. The van der Waals surface area contributed by atoms with E-state index < -0.39 is 28.3 Å². The van der Waals surface area contributed by atoms with Crippen molar-refractivity contribution in [3.63, 3.8) is 0 Å². The summed E-state index contributed by atoms with van der Waals surface area (Å²) in [5.41, 5.74) is 6.50. The number of anilines is 1. The number of rotatable bonds is 9. The fourth-order valence-electron chi connectivity index (χ4n) is 1.77. The van der Waals surface area contributed by atoms with Gasteiger partial charge >= 0.3 is 88.7 Å². The van der Waals surface area contributed by atoms with Crippen LogP contribution < -0.4 is 109 Å². The molecule has 2 rings (SSSR count). The molecular formula is C9H13N5Na3O8P3S. The van der Waals surface area contributed by atoms with Crippen molar-refractivity contribution in [3.05, 3.63) is 12.7 Å². The van der Waals surface area contributed by atoms with E-state index in [9.17, 15) is 23.8 Å². The number of phosphoric acid groups is 1. The normalized spacial score (nSPS) is 17.0. The molecule has 0 spiro atoms. The third-order valence-corrected chi connectivity index (χ3v) is 7.82. The van der Waals surface area contributed by atoms with Crippen LogP contribution in [0.1, 0.15) is 0 Å². The van der Waals surface area contributed by atoms with Crippen LogP contribution in [-0.2, 0) is 40.8 Å². The minimum absolute atomic E-state index is 0. The molecule has 0 radical (unpaired) electrons. The van der Waals surface area contributed by atoms with Gasteiger partial charge in [-0.15, -0.1) is 0 Å². The molecule has 2 aromatic heterocycles. The Kier molecular flexibility index (Phi) is 15.9. The number of fused-ring (bicyclic) bond motifs is 1. The van der Waals surface area contributed by atoms with E-state index in [0.29, 0.717) is 17.8 Å². The zero-order chi connectivity index (χ0) is 19.6. The van der Waals surface area contributed by atoms with Crippen LogP contribution in [0.15, 0.2) is 12.7 Å². The number of imidazole rings is 1. The molecular weight excluding hydrogens is 500 g/mol. The summed E-state index contributed by atoms with van der Waals surface area (Å²) in [6.45, 7) is -3.56. The summed E-state index contributed by atoms with van der Waals surface area (Å²) in [5, 5.41) is 0. The van der Waals surface area contributed by atoms with Gasteiger partial charge in [0.05, 0.1) is 19.3 Å². The molecule has 0 aliphatic carbocycles. The maximum absolute atomic E-state index is 11.9. The molecule has 0 aliphatic heterocycles. The molecule has 0 aliphatic rings. The number of hydrogen-bond acceptors (Lipinski definition) is 13. The Morgan fingerprint density at radius 3 is 2.34 bits per heavy atom. The number of hydrogen-bond donors (Lipinski definition) is 1. The Hall–Kier alpha value is 2.22. The van der Waals surface area contributed by atoms with E-state index in [4.69, 9.17) is 10.5 Å². The van der Waals surface area contributed by atoms with Crippen molar-refractivity contribution < 1.29 is 126 Å². The average molecular weight is 513 g/mol. The van der Waals surface area contributed by atoms with Crippen LogP contribution in [0.5, 0.6) is 0 Å².